The molecule has 0 aromatic heterocycles. The number of nitrogens with zero attached hydrogens (tertiary/aromatic N) is 1. The summed E-state index contributed by atoms with van der Waals surface area (Å²) < 4.78 is 4.81. The monoisotopic (exact) mass is 228 g/mol. The van der Waals surface area contributed by atoms with Crippen LogP contribution in [0, 0.1) is 0 Å². The maximum atomic E-state index is 11.4. The predicted octanol–water partition coefficient (Wildman–Crippen LogP) is 1.01. The van der Waals surface area contributed by atoms with Crippen molar-refractivity contribution in [1.29, 1.82) is 0 Å². The fraction of sp³-hybridized carbons (Fsp3) is 0.917. The molecule has 0 bridgehead atoms. The maximum absolute atomic E-state index is 11.4. The van der Waals surface area contributed by atoms with Gasteiger partial charge in [0.1, 0.15) is 6.61 Å². The van der Waals surface area contributed by atoms with E-state index in [0.717, 1.165) is 6.54 Å². The third-order valence-corrected chi connectivity index (χ3v) is 3.62. The summed E-state index contributed by atoms with van der Waals surface area (Å²) in [5.41, 5.74) is 0.154. The summed E-state index contributed by atoms with van der Waals surface area (Å²) in [6.45, 7) is 0.895. The number of rotatable bonds is 5. The summed E-state index contributed by atoms with van der Waals surface area (Å²) in [4.78, 5) is 13.7. The molecule has 0 aromatic carbocycles. The Morgan fingerprint density at radius 2 is 1.94 bits per heavy atom. The van der Waals surface area contributed by atoms with Gasteiger partial charge in [-0.25, -0.2) is 0 Å². The van der Waals surface area contributed by atoms with Crippen LogP contribution in [0.1, 0.15) is 32.1 Å². The van der Waals surface area contributed by atoms with Crippen LogP contribution in [-0.4, -0.2) is 50.7 Å². The van der Waals surface area contributed by atoms with Crippen LogP contribution in [0.4, 0.5) is 0 Å². The quantitative estimate of drug-likeness (QED) is 0.763. The largest absolute Gasteiger partial charge is 0.375 e. The van der Waals surface area contributed by atoms with Crippen molar-refractivity contribution in [2.75, 3.05) is 34.4 Å². The molecule has 1 rings (SSSR count). The number of nitrogens with one attached hydrogen (secondary N) is 1. The first-order chi connectivity index (χ1) is 7.60. The van der Waals surface area contributed by atoms with Crippen LogP contribution in [0.5, 0.6) is 0 Å². The summed E-state index contributed by atoms with van der Waals surface area (Å²) in [5, 5.41) is 2.97. The van der Waals surface area contributed by atoms with Crippen molar-refractivity contribution >= 4 is 5.91 Å². The highest BCUT2D eigenvalue weighted by Crippen LogP contribution is 2.31. The highest BCUT2D eigenvalue weighted by atomic mass is 16.5. The van der Waals surface area contributed by atoms with Crippen molar-refractivity contribution in [2.45, 2.75) is 37.6 Å². The van der Waals surface area contributed by atoms with Gasteiger partial charge in [0.15, 0.2) is 0 Å². The predicted molar refractivity (Wildman–Crippen MR) is 64.4 cm³/mol. The molecule has 1 saturated carbocycles. The standard InChI is InChI=1S/C12H24N2O2/c1-14(2)12(7-5-4-6-8-12)10-13-11(15)9-16-3/h4-10H2,1-3H3,(H,13,15). The van der Waals surface area contributed by atoms with E-state index in [2.05, 4.69) is 24.3 Å². The van der Waals surface area contributed by atoms with E-state index in [4.69, 9.17) is 4.74 Å². The van der Waals surface area contributed by atoms with Crippen molar-refractivity contribution < 1.29 is 9.53 Å². The van der Waals surface area contributed by atoms with E-state index in [1.54, 1.807) is 7.11 Å². The number of hydrogen-bond donors (Lipinski definition) is 1. The molecule has 0 aliphatic heterocycles. The van der Waals surface area contributed by atoms with Crippen LogP contribution in [0.15, 0.2) is 0 Å². The Kier molecular flexibility index (Phi) is 5.22. The lowest BCUT2D eigenvalue weighted by atomic mass is 9.80. The van der Waals surface area contributed by atoms with Crippen molar-refractivity contribution in [3.63, 3.8) is 0 Å². The maximum Gasteiger partial charge on any atom is 0.246 e. The highest BCUT2D eigenvalue weighted by molar-refractivity contribution is 5.77. The molecule has 1 aliphatic carbocycles. The van der Waals surface area contributed by atoms with Crippen molar-refractivity contribution in [2.24, 2.45) is 0 Å². The summed E-state index contributed by atoms with van der Waals surface area (Å²) in [7, 11) is 5.75. The normalized spacial score (nSPS) is 19.8. The lowest BCUT2D eigenvalue weighted by Crippen LogP contribution is -2.54. The van der Waals surface area contributed by atoms with Crippen molar-refractivity contribution in [1.82, 2.24) is 10.2 Å². The second kappa shape index (κ2) is 6.21. The van der Waals surface area contributed by atoms with Crippen LogP contribution in [-0.2, 0) is 9.53 Å². The molecule has 0 spiro atoms. The molecule has 0 atom stereocenters. The van der Waals surface area contributed by atoms with Gasteiger partial charge in [-0.3, -0.25) is 4.79 Å². The van der Waals surface area contributed by atoms with Gasteiger partial charge in [0.25, 0.3) is 0 Å². The Balaban J connectivity index is 2.47. The smallest absolute Gasteiger partial charge is 0.246 e. The van der Waals surface area contributed by atoms with Crippen LogP contribution < -0.4 is 5.32 Å². The molecule has 94 valence electrons. The fourth-order valence-corrected chi connectivity index (χ4v) is 2.44. The Bertz CT molecular complexity index is 223. The minimum atomic E-state index is -0.0192. The van der Waals surface area contributed by atoms with Crippen LogP contribution in [0.3, 0.4) is 0 Å². The number of ether oxygens (including phenoxy) is 1. The molecule has 4 nitrogen and oxygen atoms in total. The Morgan fingerprint density at radius 1 is 1.31 bits per heavy atom. The number of methoxy groups -OCH3 is 1. The molecule has 0 heterocycles. The molecular formula is C12H24N2O2. The van der Waals surface area contributed by atoms with E-state index in [0.29, 0.717) is 0 Å². The number of hydrogen-bond acceptors (Lipinski definition) is 3. The minimum Gasteiger partial charge on any atom is -0.375 e. The van der Waals surface area contributed by atoms with E-state index in [9.17, 15) is 4.79 Å². The average molecular weight is 228 g/mol. The van der Waals surface area contributed by atoms with Gasteiger partial charge in [-0.05, 0) is 26.9 Å². The summed E-state index contributed by atoms with van der Waals surface area (Å²) in [5.74, 6) is -0.0192. The Morgan fingerprint density at radius 3 is 2.44 bits per heavy atom. The molecule has 1 N–H and O–H groups in total. The molecule has 0 unspecified atom stereocenters. The molecule has 1 amide bonds. The van der Waals surface area contributed by atoms with Gasteiger partial charge in [-0.15, -0.1) is 0 Å². The third kappa shape index (κ3) is 3.46. The van der Waals surface area contributed by atoms with Crippen LogP contribution >= 0.6 is 0 Å². The SMILES string of the molecule is COCC(=O)NCC1(N(C)C)CCCCC1. The van der Waals surface area contributed by atoms with E-state index in [-0.39, 0.29) is 18.1 Å². The van der Waals surface area contributed by atoms with Gasteiger partial charge >= 0.3 is 0 Å². The van der Waals surface area contributed by atoms with Crippen LogP contribution in [0.2, 0.25) is 0 Å². The molecule has 0 aromatic rings. The van der Waals surface area contributed by atoms with Gasteiger partial charge in [0.05, 0.1) is 0 Å². The number of carbonyl (C=O) groups is 1. The second-order valence-electron chi connectivity index (χ2n) is 4.89. The zero-order chi connectivity index (χ0) is 12.0. The molecule has 4 heteroatoms. The fourth-order valence-electron chi connectivity index (χ4n) is 2.44. The van der Waals surface area contributed by atoms with E-state index in [1.165, 1.54) is 32.1 Å². The lowest BCUT2D eigenvalue weighted by Gasteiger charge is -2.43. The molecule has 16 heavy (non-hydrogen) atoms. The van der Waals surface area contributed by atoms with Crippen LogP contribution in [0.25, 0.3) is 0 Å². The van der Waals surface area contributed by atoms with Gasteiger partial charge in [0, 0.05) is 19.2 Å². The lowest BCUT2D eigenvalue weighted by molar-refractivity contribution is -0.125. The van der Waals surface area contributed by atoms with E-state index < -0.39 is 0 Å². The molecule has 0 saturated heterocycles. The summed E-state index contributed by atoms with van der Waals surface area (Å²) in [6, 6.07) is 0. The summed E-state index contributed by atoms with van der Waals surface area (Å²) in [6.07, 6.45) is 6.19. The van der Waals surface area contributed by atoms with E-state index >= 15 is 0 Å². The van der Waals surface area contributed by atoms with Crippen molar-refractivity contribution in [3.05, 3.63) is 0 Å². The first-order valence-electron chi connectivity index (χ1n) is 6.04. The zero-order valence-corrected chi connectivity index (χ0v) is 10.7. The topological polar surface area (TPSA) is 41.6 Å². The Labute approximate surface area is 98.3 Å². The first-order valence-corrected chi connectivity index (χ1v) is 6.04. The second-order valence-corrected chi connectivity index (χ2v) is 4.89. The molecule has 1 aliphatic rings. The number of likely N-dealkylation sites (N-methyl/N-ethyl adjacent to an activating group) is 1. The number of amides is 1. The number of carbonyl (C=O) groups excluding carboxylic acids is 1. The zero-order valence-electron chi connectivity index (χ0n) is 10.7. The van der Waals surface area contributed by atoms with Crippen molar-refractivity contribution in [3.8, 4) is 0 Å². The minimum absolute atomic E-state index is 0.0192. The molecular weight excluding hydrogens is 204 g/mol. The summed E-state index contributed by atoms with van der Waals surface area (Å²) >= 11 is 0. The first kappa shape index (κ1) is 13.5. The third-order valence-electron chi connectivity index (χ3n) is 3.62. The molecule has 1 fully saturated rings. The van der Waals surface area contributed by atoms with Gasteiger partial charge in [0.2, 0.25) is 5.91 Å². The van der Waals surface area contributed by atoms with Gasteiger partial charge < -0.3 is 15.0 Å². The van der Waals surface area contributed by atoms with Gasteiger partial charge in [-0.2, -0.15) is 0 Å². The van der Waals surface area contributed by atoms with Gasteiger partial charge in [-0.1, -0.05) is 19.3 Å². The highest BCUT2D eigenvalue weighted by Gasteiger charge is 2.34. The van der Waals surface area contributed by atoms with E-state index in [1.807, 2.05) is 0 Å². The molecule has 0 radical (unpaired) electrons. The Hall–Kier alpha value is -0.610. The average Bonchev–Trinajstić information content (AvgIpc) is 2.28.